The lowest BCUT2D eigenvalue weighted by molar-refractivity contribution is -0.131. The summed E-state index contributed by atoms with van der Waals surface area (Å²) >= 11 is 0. The summed E-state index contributed by atoms with van der Waals surface area (Å²) in [7, 11) is 0. The maximum absolute atomic E-state index is 10.6. The number of anilines is 2. The number of nitrogens with one attached hydrogen (secondary N) is 1. The number of aliphatic hydroxyl groups excluding tert-OH is 1. The minimum Gasteiger partial charge on any atom is -0.478 e. The monoisotopic (exact) mass is 314 g/mol. The van der Waals surface area contributed by atoms with Crippen molar-refractivity contribution in [2.24, 2.45) is 0 Å². The van der Waals surface area contributed by atoms with Gasteiger partial charge in [-0.1, -0.05) is 18.2 Å². The summed E-state index contributed by atoms with van der Waals surface area (Å²) in [5, 5.41) is 20.5. The van der Waals surface area contributed by atoms with Crippen LogP contribution in [-0.2, 0) is 4.79 Å². The molecular formula is C16H18N4O3. The molecule has 0 saturated carbocycles. The number of carbonyl (C=O) groups is 1. The summed E-state index contributed by atoms with van der Waals surface area (Å²) in [5.74, 6) is -0.255. The molecule has 23 heavy (non-hydrogen) atoms. The summed E-state index contributed by atoms with van der Waals surface area (Å²) in [6.45, 7) is 0.623. The van der Waals surface area contributed by atoms with E-state index in [2.05, 4.69) is 15.3 Å². The first kappa shape index (κ1) is 16.4. The predicted octanol–water partition coefficient (Wildman–Crippen LogP) is 1.62. The van der Waals surface area contributed by atoms with Gasteiger partial charge in [-0.15, -0.1) is 0 Å². The molecule has 1 aromatic heterocycles. The largest absolute Gasteiger partial charge is 0.478 e. The summed E-state index contributed by atoms with van der Waals surface area (Å²) in [6.07, 6.45) is 4.74. The number of nitrogens with zero attached hydrogens (tertiary/aromatic N) is 2. The Bertz CT molecular complexity index is 716. The number of nitrogens with two attached hydrogens (primary N) is 1. The van der Waals surface area contributed by atoms with Crippen LogP contribution in [0.2, 0.25) is 0 Å². The van der Waals surface area contributed by atoms with Crippen molar-refractivity contribution in [3.8, 4) is 11.3 Å². The summed E-state index contributed by atoms with van der Waals surface area (Å²) in [6, 6.07) is 7.29. The number of benzene rings is 1. The standard InChI is InChI=1S/C16H18N4O3/c17-15-16(18-7-2-8-21)20-13(10-19-15)12-4-1-3-11(9-12)5-6-14(22)23/h1,3-6,9-10,21H,2,7-8H2,(H2,17,19)(H,18,20)(H,22,23)/b6-5+. The molecule has 0 aliphatic heterocycles. The molecule has 7 heteroatoms. The number of rotatable bonds is 7. The Kier molecular flexibility index (Phi) is 5.65. The van der Waals surface area contributed by atoms with Gasteiger partial charge in [0.15, 0.2) is 11.6 Å². The summed E-state index contributed by atoms with van der Waals surface area (Å²) in [5.41, 5.74) is 7.96. The van der Waals surface area contributed by atoms with Crippen molar-refractivity contribution in [2.75, 3.05) is 24.2 Å². The molecule has 0 amide bonds. The number of nitrogen functional groups attached to an aromatic ring is 1. The van der Waals surface area contributed by atoms with Crippen molar-refractivity contribution in [3.05, 3.63) is 42.1 Å². The van der Waals surface area contributed by atoms with E-state index in [0.717, 1.165) is 17.2 Å². The van der Waals surface area contributed by atoms with Crippen LogP contribution in [0.25, 0.3) is 17.3 Å². The lowest BCUT2D eigenvalue weighted by Crippen LogP contribution is -2.09. The minimum atomic E-state index is -1.00. The van der Waals surface area contributed by atoms with E-state index in [-0.39, 0.29) is 12.4 Å². The van der Waals surface area contributed by atoms with Crippen molar-refractivity contribution in [2.45, 2.75) is 6.42 Å². The smallest absolute Gasteiger partial charge is 0.328 e. The third-order valence-corrected chi connectivity index (χ3v) is 3.03. The average Bonchev–Trinajstić information content (AvgIpc) is 2.55. The van der Waals surface area contributed by atoms with Gasteiger partial charge in [-0.25, -0.2) is 14.8 Å². The van der Waals surface area contributed by atoms with E-state index in [0.29, 0.717) is 24.5 Å². The van der Waals surface area contributed by atoms with E-state index >= 15 is 0 Å². The summed E-state index contributed by atoms with van der Waals surface area (Å²) in [4.78, 5) is 19.1. The van der Waals surface area contributed by atoms with Gasteiger partial charge in [0.1, 0.15) is 0 Å². The fourth-order valence-corrected chi connectivity index (χ4v) is 1.92. The zero-order valence-corrected chi connectivity index (χ0v) is 12.4. The molecule has 1 heterocycles. The third-order valence-electron chi connectivity index (χ3n) is 3.03. The molecule has 120 valence electrons. The fourth-order valence-electron chi connectivity index (χ4n) is 1.92. The van der Waals surface area contributed by atoms with Gasteiger partial charge in [0.05, 0.1) is 11.9 Å². The van der Waals surface area contributed by atoms with E-state index in [9.17, 15) is 4.79 Å². The van der Waals surface area contributed by atoms with Gasteiger partial charge in [0.25, 0.3) is 0 Å². The molecule has 0 radical (unpaired) electrons. The van der Waals surface area contributed by atoms with Crippen LogP contribution < -0.4 is 11.1 Å². The van der Waals surface area contributed by atoms with Crippen LogP contribution in [-0.4, -0.2) is 39.3 Å². The highest BCUT2D eigenvalue weighted by atomic mass is 16.4. The second-order valence-electron chi connectivity index (χ2n) is 4.79. The fraction of sp³-hybridized carbons (Fsp3) is 0.188. The molecule has 1 aromatic carbocycles. The lowest BCUT2D eigenvalue weighted by Gasteiger charge is -2.09. The first-order valence-corrected chi connectivity index (χ1v) is 7.09. The predicted molar refractivity (Wildman–Crippen MR) is 88.7 cm³/mol. The number of aliphatic hydroxyl groups is 1. The molecule has 2 aromatic rings. The van der Waals surface area contributed by atoms with Crippen LogP contribution in [0.4, 0.5) is 11.6 Å². The van der Waals surface area contributed by atoms with E-state index in [1.165, 1.54) is 6.08 Å². The highest BCUT2D eigenvalue weighted by molar-refractivity contribution is 5.85. The highest BCUT2D eigenvalue weighted by Gasteiger charge is 2.06. The molecule has 0 saturated heterocycles. The maximum Gasteiger partial charge on any atom is 0.328 e. The number of hydrogen-bond donors (Lipinski definition) is 4. The molecule has 0 bridgehead atoms. The quantitative estimate of drug-likeness (QED) is 0.452. The molecule has 0 unspecified atom stereocenters. The molecule has 0 aliphatic rings. The number of aromatic nitrogens is 2. The molecule has 0 fully saturated rings. The molecule has 7 nitrogen and oxygen atoms in total. The third kappa shape index (κ3) is 4.79. The van der Waals surface area contributed by atoms with E-state index in [1.807, 2.05) is 18.2 Å². The first-order chi connectivity index (χ1) is 11.1. The van der Waals surface area contributed by atoms with Gasteiger partial charge < -0.3 is 21.3 Å². The van der Waals surface area contributed by atoms with Crippen molar-refractivity contribution in [1.82, 2.24) is 9.97 Å². The average molecular weight is 314 g/mol. The first-order valence-electron chi connectivity index (χ1n) is 7.09. The Morgan fingerprint density at radius 1 is 1.39 bits per heavy atom. The van der Waals surface area contributed by atoms with Crippen molar-refractivity contribution in [3.63, 3.8) is 0 Å². The van der Waals surface area contributed by atoms with Gasteiger partial charge in [-0.2, -0.15) is 0 Å². The van der Waals surface area contributed by atoms with Crippen LogP contribution in [0.5, 0.6) is 0 Å². The van der Waals surface area contributed by atoms with Crippen LogP contribution in [0.3, 0.4) is 0 Å². The molecule has 0 atom stereocenters. The van der Waals surface area contributed by atoms with Crippen molar-refractivity contribution < 1.29 is 15.0 Å². The lowest BCUT2D eigenvalue weighted by atomic mass is 10.1. The number of carboxylic acids is 1. The SMILES string of the molecule is Nc1ncc(-c2cccc(/C=C/C(=O)O)c2)nc1NCCCO. The van der Waals surface area contributed by atoms with Crippen LogP contribution in [0, 0.1) is 0 Å². The van der Waals surface area contributed by atoms with E-state index in [1.54, 1.807) is 12.3 Å². The number of carboxylic acid groups (broad SMARTS) is 1. The normalized spacial score (nSPS) is 10.8. The van der Waals surface area contributed by atoms with Gasteiger partial charge in [-0.05, 0) is 24.1 Å². The van der Waals surface area contributed by atoms with Gasteiger partial charge in [-0.3, -0.25) is 0 Å². The Morgan fingerprint density at radius 3 is 2.96 bits per heavy atom. The molecular weight excluding hydrogens is 296 g/mol. The Hall–Kier alpha value is -2.93. The molecule has 0 spiro atoms. The van der Waals surface area contributed by atoms with Gasteiger partial charge >= 0.3 is 5.97 Å². The highest BCUT2D eigenvalue weighted by Crippen LogP contribution is 2.22. The van der Waals surface area contributed by atoms with Crippen LogP contribution in [0.1, 0.15) is 12.0 Å². The minimum absolute atomic E-state index is 0.0813. The zero-order chi connectivity index (χ0) is 16.7. The zero-order valence-electron chi connectivity index (χ0n) is 12.4. The van der Waals surface area contributed by atoms with Gasteiger partial charge in [0.2, 0.25) is 0 Å². The van der Waals surface area contributed by atoms with E-state index < -0.39 is 5.97 Å². The number of hydrogen-bond acceptors (Lipinski definition) is 6. The Morgan fingerprint density at radius 2 is 2.22 bits per heavy atom. The number of aliphatic carboxylic acids is 1. The Labute approximate surface area is 133 Å². The molecule has 5 N–H and O–H groups in total. The van der Waals surface area contributed by atoms with Crippen molar-refractivity contribution in [1.29, 1.82) is 0 Å². The van der Waals surface area contributed by atoms with Crippen LogP contribution >= 0.6 is 0 Å². The van der Waals surface area contributed by atoms with Crippen molar-refractivity contribution >= 4 is 23.7 Å². The van der Waals surface area contributed by atoms with Gasteiger partial charge in [0, 0.05) is 24.8 Å². The van der Waals surface area contributed by atoms with Crippen LogP contribution in [0.15, 0.2) is 36.5 Å². The molecule has 0 aliphatic carbocycles. The topological polar surface area (TPSA) is 121 Å². The second kappa shape index (κ2) is 7.90. The second-order valence-corrected chi connectivity index (χ2v) is 4.79. The maximum atomic E-state index is 10.6. The summed E-state index contributed by atoms with van der Waals surface area (Å²) < 4.78 is 0. The molecule has 2 rings (SSSR count). The Balaban J connectivity index is 2.25. The van der Waals surface area contributed by atoms with E-state index in [4.69, 9.17) is 15.9 Å².